The molecule has 0 aliphatic rings. The van der Waals surface area contributed by atoms with E-state index in [1.54, 1.807) is 0 Å². The van der Waals surface area contributed by atoms with Crippen molar-refractivity contribution in [2.24, 2.45) is 5.73 Å². The second kappa shape index (κ2) is 4.78. The van der Waals surface area contributed by atoms with Crippen molar-refractivity contribution in [2.45, 2.75) is 46.1 Å². The van der Waals surface area contributed by atoms with Gasteiger partial charge in [-0.15, -0.1) is 0 Å². The van der Waals surface area contributed by atoms with Crippen molar-refractivity contribution < 1.29 is 4.52 Å². The van der Waals surface area contributed by atoms with Crippen molar-refractivity contribution in [3.8, 4) is 0 Å². The molecule has 0 bridgehead atoms. The van der Waals surface area contributed by atoms with Crippen molar-refractivity contribution in [1.29, 1.82) is 0 Å². The van der Waals surface area contributed by atoms with Gasteiger partial charge in [-0.1, -0.05) is 44.1 Å². The van der Waals surface area contributed by atoms with Crippen LogP contribution in [0.3, 0.4) is 0 Å². The highest BCUT2D eigenvalue weighted by Crippen LogP contribution is 2.25. The molecule has 2 rings (SSSR count). The zero-order valence-electron chi connectivity index (χ0n) is 12.2. The molecule has 19 heavy (non-hydrogen) atoms. The predicted molar refractivity (Wildman–Crippen MR) is 74.9 cm³/mol. The third kappa shape index (κ3) is 2.68. The standard InChI is InChI=1S/C15H21N3O/c1-9-7-6-8-11(10(9)2)12(16)13-17-14(19-18-13)15(3,4)5/h6-8,12H,16H2,1-5H3. The van der Waals surface area contributed by atoms with Gasteiger partial charge in [0.1, 0.15) is 0 Å². The van der Waals surface area contributed by atoms with E-state index in [1.807, 2.05) is 32.9 Å². The van der Waals surface area contributed by atoms with E-state index in [9.17, 15) is 0 Å². The molecule has 0 spiro atoms. The van der Waals surface area contributed by atoms with Crippen molar-refractivity contribution in [2.75, 3.05) is 0 Å². The quantitative estimate of drug-likeness (QED) is 0.900. The van der Waals surface area contributed by atoms with Crippen molar-refractivity contribution in [3.63, 3.8) is 0 Å². The lowest BCUT2D eigenvalue weighted by Gasteiger charge is -2.13. The monoisotopic (exact) mass is 259 g/mol. The van der Waals surface area contributed by atoms with E-state index < -0.39 is 0 Å². The number of benzene rings is 1. The molecule has 1 aromatic heterocycles. The van der Waals surface area contributed by atoms with Gasteiger partial charge in [0.2, 0.25) is 5.89 Å². The number of aromatic nitrogens is 2. The lowest BCUT2D eigenvalue weighted by molar-refractivity contribution is 0.317. The molecule has 0 saturated carbocycles. The van der Waals surface area contributed by atoms with Gasteiger partial charge < -0.3 is 10.3 Å². The SMILES string of the molecule is Cc1cccc(C(N)c2noc(C(C)(C)C)n2)c1C. The Kier molecular flexibility index (Phi) is 3.45. The second-order valence-electron chi connectivity index (χ2n) is 5.97. The highest BCUT2D eigenvalue weighted by molar-refractivity contribution is 5.37. The van der Waals surface area contributed by atoms with Gasteiger partial charge in [-0.05, 0) is 30.5 Å². The Hall–Kier alpha value is -1.68. The maximum atomic E-state index is 6.26. The maximum Gasteiger partial charge on any atom is 0.232 e. The average Bonchev–Trinajstić information content (AvgIpc) is 2.81. The first-order valence-corrected chi connectivity index (χ1v) is 6.46. The van der Waals surface area contributed by atoms with E-state index >= 15 is 0 Å². The Morgan fingerprint density at radius 3 is 2.47 bits per heavy atom. The van der Waals surface area contributed by atoms with Crippen LogP contribution in [0, 0.1) is 13.8 Å². The molecule has 2 aromatic rings. The predicted octanol–water partition coefficient (Wildman–Crippen LogP) is 3.03. The smallest absolute Gasteiger partial charge is 0.232 e. The highest BCUT2D eigenvalue weighted by Gasteiger charge is 2.25. The van der Waals surface area contributed by atoms with E-state index in [4.69, 9.17) is 10.3 Å². The van der Waals surface area contributed by atoms with E-state index in [0.29, 0.717) is 11.7 Å². The van der Waals surface area contributed by atoms with Gasteiger partial charge in [-0.2, -0.15) is 4.98 Å². The molecule has 0 aliphatic carbocycles. The van der Waals surface area contributed by atoms with Crippen LogP contribution in [0.2, 0.25) is 0 Å². The topological polar surface area (TPSA) is 64.9 Å². The van der Waals surface area contributed by atoms with Gasteiger partial charge in [0.25, 0.3) is 0 Å². The molecule has 1 aromatic carbocycles. The van der Waals surface area contributed by atoms with E-state index in [-0.39, 0.29) is 11.5 Å². The second-order valence-corrected chi connectivity index (χ2v) is 5.97. The third-order valence-corrected chi connectivity index (χ3v) is 3.34. The van der Waals surface area contributed by atoms with Crippen LogP contribution in [0.1, 0.15) is 55.2 Å². The van der Waals surface area contributed by atoms with Crippen molar-refractivity contribution in [1.82, 2.24) is 10.1 Å². The van der Waals surface area contributed by atoms with Crippen LogP contribution in [0.25, 0.3) is 0 Å². The number of hydrogen-bond acceptors (Lipinski definition) is 4. The van der Waals surface area contributed by atoms with E-state index in [2.05, 4.69) is 30.1 Å². The van der Waals surface area contributed by atoms with Crippen LogP contribution < -0.4 is 5.73 Å². The zero-order chi connectivity index (χ0) is 14.2. The Balaban J connectivity index is 2.37. The summed E-state index contributed by atoms with van der Waals surface area (Å²) in [5.41, 5.74) is 9.53. The number of rotatable bonds is 2. The first-order valence-electron chi connectivity index (χ1n) is 6.46. The summed E-state index contributed by atoms with van der Waals surface area (Å²) in [5, 5.41) is 4.02. The average molecular weight is 259 g/mol. The number of hydrogen-bond donors (Lipinski definition) is 1. The fourth-order valence-electron chi connectivity index (χ4n) is 1.92. The number of aryl methyl sites for hydroxylation is 1. The minimum absolute atomic E-state index is 0.160. The molecule has 102 valence electrons. The largest absolute Gasteiger partial charge is 0.339 e. The van der Waals surface area contributed by atoms with Gasteiger partial charge in [0, 0.05) is 5.41 Å². The highest BCUT2D eigenvalue weighted by atomic mass is 16.5. The lowest BCUT2D eigenvalue weighted by Crippen LogP contribution is -2.16. The first-order chi connectivity index (χ1) is 8.80. The van der Waals surface area contributed by atoms with Crippen LogP contribution >= 0.6 is 0 Å². The summed E-state index contributed by atoms with van der Waals surface area (Å²) in [7, 11) is 0. The third-order valence-electron chi connectivity index (χ3n) is 3.34. The molecule has 2 N–H and O–H groups in total. The normalized spacial score (nSPS) is 13.6. The molecule has 1 heterocycles. The van der Waals surface area contributed by atoms with Crippen LogP contribution in [0.4, 0.5) is 0 Å². The Morgan fingerprint density at radius 2 is 1.89 bits per heavy atom. The molecule has 0 aliphatic heterocycles. The summed E-state index contributed by atoms with van der Waals surface area (Å²) >= 11 is 0. The number of nitrogens with zero attached hydrogens (tertiary/aromatic N) is 2. The summed E-state index contributed by atoms with van der Waals surface area (Å²) in [6, 6.07) is 5.74. The first kappa shape index (κ1) is 13.7. The fourth-order valence-corrected chi connectivity index (χ4v) is 1.92. The minimum atomic E-state index is -0.347. The fraction of sp³-hybridized carbons (Fsp3) is 0.467. The lowest BCUT2D eigenvalue weighted by atomic mass is 9.96. The summed E-state index contributed by atoms with van der Waals surface area (Å²) in [6.07, 6.45) is 0. The van der Waals surface area contributed by atoms with Gasteiger partial charge >= 0.3 is 0 Å². The molecule has 4 nitrogen and oxygen atoms in total. The van der Waals surface area contributed by atoms with E-state index in [0.717, 1.165) is 5.56 Å². The van der Waals surface area contributed by atoms with Crippen LogP contribution in [-0.4, -0.2) is 10.1 Å². The minimum Gasteiger partial charge on any atom is -0.339 e. The maximum absolute atomic E-state index is 6.26. The molecule has 0 saturated heterocycles. The Labute approximate surface area is 114 Å². The van der Waals surface area contributed by atoms with E-state index in [1.165, 1.54) is 11.1 Å². The Morgan fingerprint density at radius 1 is 1.21 bits per heavy atom. The summed E-state index contributed by atoms with van der Waals surface area (Å²) in [6.45, 7) is 10.2. The van der Waals surface area contributed by atoms with Gasteiger partial charge in [-0.3, -0.25) is 0 Å². The van der Waals surface area contributed by atoms with Gasteiger partial charge in [0.05, 0.1) is 6.04 Å². The molecule has 0 amide bonds. The molecular weight excluding hydrogens is 238 g/mol. The van der Waals surface area contributed by atoms with Crippen LogP contribution in [-0.2, 0) is 5.41 Å². The van der Waals surface area contributed by atoms with Crippen LogP contribution in [0.15, 0.2) is 22.7 Å². The molecule has 1 unspecified atom stereocenters. The molecule has 0 radical (unpaired) electrons. The van der Waals surface area contributed by atoms with Gasteiger partial charge in [-0.25, -0.2) is 0 Å². The summed E-state index contributed by atoms with van der Waals surface area (Å²) in [5.74, 6) is 1.15. The zero-order valence-corrected chi connectivity index (χ0v) is 12.2. The number of nitrogens with two attached hydrogens (primary N) is 1. The summed E-state index contributed by atoms with van der Waals surface area (Å²) < 4.78 is 5.30. The van der Waals surface area contributed by atoms with Crippen LogP contribution in [0.5, 0.6) is 0 Å². The Bertz CT molecular complexity index is 581. The molecule has 0 fully saturated rings. The summed E-state index contributed by atoms with van der Waals surface area (Å²) in [4.78, 5) is 4.43. The van der Waals surface area contributed by atoms with Gasteiger partial charge in [0.15, 0.2) is 5.82 Å². The molecule has 1 atom stereocenters. The molecular formula is C15H21N3O. The van der Waals surface area contributed by atoms with Crippen molar-refractivity contribution >= 4 is 0 Å². The molecule has 4 heteroatoms. The van der Waals surface area contributed by atoms with Crippen molar-refractivity contribution in [3.05, 3.63) is 46.6 Å².